The standard InChI is InChI=1S/C14H23N3O4S.ClH/c1-10-5-6-11(7-13(10)22(19,20)17(2)3)16-14(18)8-12(9-15)21-4;/h5-7,12H,8-9,15H2,1-4H3,(H,16,18);1H. The molecule has 0 spiro atoms. The Bertz CT molecular complexity index is 631. The number of sulfonamides is 1. The van der Waals surface area contributed by atoms with Crippen LogP contribution in [0.25, 0.3) is 0 Å². The maximum Gasteiger partial charge on any atom is 0.242 e. The number of amides is 1. The molecular formula is C14H24ClN3O4S. The molecule has 132 valence electrons. The summed E-state index contributed by atoms with van der Waals surface area (Å²) in [5.74, 6) is -0.283. The highest BCUT2D eigenvalue weighted by Crippen LogP contribution is 2.22. The molecule has 1 unspecified atom stereocenters. The van der Waals surface area contributed by atoms with Crippen LogP contribution in [-0.4, -0.2) is 52.5 Å². The lowest BCUT2D eigenvalue weighted by atomic mass is 10.2. The molecule has 1 rings (SSSR count). The number of anilines is 1. The lowest BCUT2D eigenvalue weighted by Gasteiger charge is -2.16. The predicted molar refractivity (Wildman–Crippen MR) is 92.4 cm³/mol. The van der Waals surface area contributed by atoms with Gasteiger partial charge in [-0.1, -0.05) is 6.07 Å². The second-order valence-electron chi connectivity index (χ2n) is 5.11. The SMILES string of the molecule is COC(CN)CC(=O)Nc1ccc(C)c(S(=O)(=O)N(C)C)c1.Cl. The van der Waals surface area contributed by atoms with Crippen molar-refractivity contribution in [1.82, 2.24) is 4.31 Å². The summed E-state index contributed by atoms with van der Waals surface area (Å²) < 4.78 is 30.7. The lowest BCUT2D eigenvalue weighted by Crippen LogP contribution is -2.28. The van der Waals surface area contributed by atoms with Gasteiger partial charge in [-0.3, -0.25) is 4.79 Å². The van der Waals surface area contributed by atoms with Gasteiger partial charge >= 0.3 is 0 Å². The Kier molecular flexibility index (Phi) is 8.71. The fourth-order valence-electron chi connectivity index (χ4n) is 1.83. The summed E-state index contributed by atoms with van der Waals surface area (Å²) in [6.07, 6.45) is -0.258. The van der Waals surface area contributed by atoms with Crippen molar-refractivity contribution in [3.05, 3.63) is 23.8 Å². The highest BCUT2D eigenvalue weighted by molar-refractivity contribution is 7.89. The second kappa shape index (κ2) is 9.19. The molecule has 9 heteroatoms. The van der Waals surface area contributed by atoms with E-state index in [1.807, 2.05) is 0 Å². The van der Waals surface area contributed by atoms with Gasteiger partial charge in [0.15, 0.2) is 0 Å². The average Bonchev–Trinajstić information content (AvgIpc) is 2.46. The van der Waals surface area contributed by atoms with Crippen molar-refractivity contribution in [2.24, 2.45) is 5.73 Å². The third-order valence-corrected chi connectivity index (χ3v) is 5.20. The molecule has 1 atom stereocenters. The number of aryl methyl sites for hydroxylation is 1. The van der Waals surface area contributed by atoms with Crippen LogP contribution in [0.2, 0.25) is 0 Å². The summed E-state index contributed by atoms with van der Waals surface area (Å²) in [5.41, 5.74) is 6.50. The van der Waals surface area contributed by atoms with E-state index in [0.29, 0.717) is 11.3 Å². The topological polar surface area (TPSA) is 102 Å². The largest absolute Gasteiger partial charge is 0.380 e. The number of nitrogens with two attached hydrogens (primary N) is 1. The van der Waals surface area contributed by atoms with Gasteiger partial charge in [0.25, 0.3) is 0 Å². The van der Waals surface area contributed by atoms with Crippen LogP contribution in [0, 0.1) is 6.92 Å². The second-order valence-corrected chi connectivity index (χ2v) is 7.23. The number of nitrogens with zero attached hydrogens (tertiary/aromatic N) is 1. The highest BCUT2D eigenvalue weighted by atomic mass is 35.5. The molecule has 23 heavy (non-hydrogen) atoms. The molecule has 0 aliphatic carbocycles. The molecule has 0 fully saturated rings. The minimum atomic E-state index is -3.56. The van der Waals surface area contributed by atoms with Gasteiger partial charge in [0.1, 0.15) is 0 Å². The molecule has 3 N–H and O–H groups in total. The Morgan fingerprint density at radius 2 is 2.00 bits per heavy atom. The smallest absolute Gasteiger partial charge is 0.242 e. The number of hydrogen-bond acceptors (Lipinski definition) is 5. The number of benzene rings is 1. The Morgan fingerprint density at radius 1 is 1.39 bits per heavy atom. The molecule has 1 aromatic carbocycles. The van der Waals surface area contributed by atoms with Crippen molar-refractivity contribution in [3.8, 4) is 0 Å². The molecule has 7 nitrogen and oxygen atoms in total. The zero-order valence-electron chi connectivity index (χ0n) is 13.7. The number of hydrogen-bond donors (Lipinski definition) is 2. The van der Waals surface area contributed by atoms with E-state index >= 15 is 0 Å². The van der Waals surface area contributed by atoms with Crippen LogP contribution < -0.4 is 11.1 Å². The van der Waals surface area contributed by atoms with Gasteiger partial charge in [-0.25, -0.2) is 12.7 Å². The van der Waals surface area contributed by atoms with E-state index in [2.05, 4.69) is 5.32 Å². The van der Waals surface area contributed by atoms with Crippen LogP contribution in [0.5, 0.6) is 0 Å². The molecule has 0 saturated heterocycles. The van der Waals surface area contributed by atoms with Crippen molar-refractivity contribution < 1.29 is 17.9 Å². The molecule has 0 saturated carbocycles. The molecule has 0 aliphatic rings. The minimum Gasteiger partial charge on any atom is -0.380 e. The summed E-state index contributed by atoms with van der Waals surface area (Å²) in [6, 6.07) is 4.77. The van der Waals surface area contributed by atoms with E-state index in [1.54, 1.807) is 19.1 Å². The maximum absolute atomic E-state index is 12.2. The minimum absolute atomic E-state index is 0. The summed E-state index contributed by atoms with van der Waals surface area (Å²) in [4.78, 5) is 12.1. The van der Waals surface area contributed by atoms with Crippen molar-refractivity contribution in [2.75, 3.05) is 33.1 Å². The van der Waals surface area contributed by atoms with E-state index < -0.39 is 10.0 Å². The maximum atomic E-state index is 12.2. The Labute approximate surface area is 143 Å². The first kappa shape index (κ1) is 21.8. The monoisotopic (exact) mass is 365 g/mol. The number of methoxy groups -OCH3 is 1. The third kappa shape index (κ3) is 5.74. The fraction of sp³-hybridized carbons (Fsp3) is 0.500. The summed E-state index contributed by atoms with van der Waals surface area (Å²) in [7, 11) is 0.849. The van der Waals surface area contributed by atoms with E-state index in [0.717, 1.165) is 4.31 Å². The molecular weight excluding hydrogens is 342 g/mol. The van der Waals surface area contributed by atoms with E-state index in [-0.39, 0.29) is 42.3 Å². The lowest BCUT2D eigenvalue weighted by molar-refractivity contribution is -0.118. The van der Waals surface area contributed by atoms with Gasteiger partial charge in [0.05, 0.1) is 17.4 Å². The van der Waals surface area contributed by atoms with Crippen molar-refractivity contribution in [2.45, 2.75) is 24.3 Å². The van der Waals surface area contributed by atoms with E-state index in [4.69, 9.17) is 10.5 Å². The van der Waals surface area contributed by atoms with Gasteiger partial charge in [0.2, 0.25) is 15.9 Å². The summed E-state index contributed by atoms with van der Waals surface area (Å²) >= 11 is 0. The number of carbonyl (C=O) groups is 1. The van der Waals surface area contributed by atoms with Gasteiger partial charge in [-0.2, -0.15) is 0 Å². The van der Waals surface area contributed by atoms with E-state index in [1.165, 1.54) is 27.3 Å². The number of halogens is 1. The molecule has 0 radical (unpaired) electrons. The normalized spacial score (nSPS) is 12.6. The average molecular weight is 366 g/mol. The Hall–Kier alpha value is -1.19. The highest BCUT2D eigenvalue weighted by Gasteiger charge is 2.20. The third-order valence-electron chi connectivity index (χ3n) is 3.24. The molecule has 0 aliphatic heterocycles. The van der Waals surface area contributed by atoms with Crippen LogP contribution >= 0.6 is 12.4 Å². The molecule has 0 aromatic heterocycles. The van der Waals surface area contributed by atoms with Crippen molar-refractivity contribution in [3.63, 3.8) is 0 Å². The first-order valence-electron chi connectivity index (χ1n) is 6.78. The quantitative estimate of drug-likeness (QED) is 0.749. The number of rotatable bonds is 7. The number of ether oxygens (including phenoxy) is 1. The number of nitrogens with one attached hydrogen (secondary N) is 1. The Balaban J connectivity index is 0.00000484. The van der Waals surface area contributed by atoms with Crippen LogP contribution in [0.1, 0.15) is 12.0 Å². The van der Waals surface area contributed by atoms with Crippen molar-refractivity contribution in [1.29, 1.82) is 0 Å². The van der Waals surface area contributed by atoms with Crippen LogP contribution in [0.4, 0.5) is 5.69 Å². The summed E-state index contributed by atoms with van der Waals surface area (Å²) in [5, 5.41) is 2.66. The fourth-order valence-corrected chi connectivity index (χ4v) is 2.98. The van der Waals surface area contributed by atoms with Gasteiger partial charge in [-0.15, -0.1) is 12.4 Å². The van der Waals surface area contributed by atoms with Gasteiger partial charge in [0, 0.05) is 33.4 Å². The first-order chi connectivity index (χ1) is 10.2. The molecule has 0 bridgehead atoms. The first-order valence-corrected chi connectivity index (χ1v) is 8.22. The van der Waals surface area contributed by atoms with Crippen molar-refractivity contribution >= 4 is 34.0 Å². The van der Waals surface area contributed by atoms with Gasteiger partial charge < -0.3 is 15.8 Å². The molecule has 0 heterocycles. The van der Waals surface area contributed by atoms with Crippen LogP contribution in [0.3, 0.4) is 0 Å². The zero-order chi connectivity index (χ0) is 16.9. The Morgan fingerprint density at radius 3 is 2.48 bits per heavy atom. The molecule has 1 amide bonds. The number of carbonyl (C=O) groups excluding carboxylic acids is 1. The van der Waals surface area contributed by atoms with Crippen LogP contribution in [0.15, 0.2) is 23.1 Å². The summed E-state index contributed by atoms with van der Waals surface area (Å²) in [6.45, 7) is 1.94. The van der Waals surface area contributed by atoms with Gasteiger partial charge in [-0.05, 0) is 24.6 Å². The van der Waals surface area contributed by atoms with Crippen LogP contribution in [-0.2, 0) is 19.6 Å². The van der Waals surface area contributed by atoms with E-state index in [9.17, 15) is 13.2 Å². The predicted octanol–water partition coefficient (Wildman–Crippen LogP) is 0.969. The zero-order valence-corrected chi connectivity index (χ0v) is 15.3. The molecule has 1 aromatic rings.